The van der Waals surface area contributed by atoms with Crippen molar-refractivity contribution in [3.63, 3.8) is 0 Å². The summed E-state index contributed by atoms with van der Waals surface area (Å²) in [4.78, 5) is 0. The third-order valence-electron chi connectivity index (χ3n) is 4.07. The Morgan fingerprint density at radius 3 is 0.800 bits per heavy atom. The van der Waals surface area contributed by atoms with Gasteiger partial charge in [0.1, 0.15) is 0 Å². The molecule has 0 aliphatic rings. The second-order valence-corrected chi connectivity index (χ2v) is 6.66. The van der Waals surface area contributed by atoms with E-state index < -0.39 is 72.0 Å². The number of halogens is 21. The van der Waals surface area contributed by atoms with Gasteiger partial charge in [-0.15, -0.1) is 0 Å². The minimum atomic E-state index is -9.19. The zero-order valence-corrected chi connectivity index (χ0v) is 15.4. The van der Waals surface area contributed by atoms with Crippen LogP contribution in [0, 0.1) is 6.92 Å². The van der Waals surface area contributed by atoms with Crippen LogP contribution in [0.4, 0.5) is 92.2 Å². The zero-order valence-electron chi connectivity index (χ0n) is 15.4. The molecule has 1 radical (unpaired) electrons. The van der Waals surface area contributed by atoms with Crippen LogP contribution < -0.4 is 0 Å². The van der Waals surface area contributed by atoms with Crippen LogP contribution >= 0.6 is 0 Å². The van der Waals surface area contributed by atoms with Crippen molar-refractivity contribution >= 4 is 0 Å². The molecule has 1 unspecified atom stereocenters. The molecule has 0 aromatic carbocycles. The van der Waals surface area contributed by atoms with E-state index in [1.165, 1.54) is 0 Å². The quantitative estimate of drug-likeness (QED) is 0.282. The standard InChI is InChI=1S/C13H6F21O/c1-3(35)2-4(14,15)5(16,17)6(18,19)7(20,21)8(22,23)9(24,25)10(26,27)11(28,29)12(30,31)13(32,33)34/h3,35H,1-2H2. The maximum atomic E-state index is 13.4. The van der Waals surface area contributed by atoms with Crippen LogP contribution in [0.2, 0.25) is 0 Å². The topological polar surface area (TPSA) is 20.2 Å². The minimum Gasteiger partial charge on any atom is -0.393 e. The summed E-state index contributed by atoms with van der Waals surface area (Å²) in [5.74, 6) is -77.3. The second kappa shape index (κ2) is 8.25. The average molecular weight is 577 g/mol. The Labute approximate surface area is 177 Å². The van der Waals surface area contributed by atoms with Crippen molar-refractivity contribution in [3.05, 3.63) is 6.92 Å². The lowest BCUT2D eigenvalue weighted by Crippen LogP contribution is -2.76. The Kier molecular flexibility index (Phi) is 7.89. The van der Waals surface area contributed by atoms with Crippen molar-refractivity contribution in [2.75, 3.05) is 0 Å². The molecular weight excluding hydrogens is 571 g/mol. The van der Waals surface area contributed by atoms with Gasteiger partial charge < -0.3 is 5.11 Å². The number of aliphatic hydroxyl groups is 1. The van der Waals surface area contributed by atoms with Crippen molar-refractivity contribution in [1.29, 1.82) is 0 Å². The first kappa shape index (κ1) is 33.5. The van der Waals surface area contributed by atoms with E-state index >= 15 is 0 Å². The van der Waals surface area contributed by atoms with Gasteiger partial charge in [0.25, 0.3) is 0 Å². The van der Waals surface area contributed by atoms with E-state index in [1.807, 2.05) is 0 Å². The lowest BCUT2D eigenvalue weighted by molar-refractivity contribution is -0.474. The van der Waals surface area contributed by atoms with E-state index in [4.69, 9.17) is 5.11 Å². The molecule has 0 saturated heterocycles. The molecule has 0 saturated carbocycles. The van der Waals surface area contributed by atoms with Crippen LogP contribution in [-0.4, -0.2) is 70.7 Å². The first-order valence-corrected chi connectivity index (χ1v) is 7.65. The van der Waals surface area contributed by atoms with Gasteiger partial charge in [-0.3, -0.25) is 0 Å². The molecule has 0 heterocycles. The van der Waals surface area contributed by atoms with E-state index in [1.54, 1.807) is 0 Å². The molecule has 0 aromatic rings. The maximum Gasteiger partial charge on any atom is 0.460 e. The highest BCUT2D eigenvalue weighted by Gasteiger charge is 2.97. The summed E-state index contributed by atoms with van der Waals surface area (Å²) < 4.78 is 273. The molecule has 0 rings (SSSR count). The summed E-state index contributed by atoms with van der Waals surface area (Å²) in [6, 6.07) is 0. The molecule has 0 aromatic heterocycles. The summed E-state index contributed by atoms with van der Waals surface area (Å²) in [6.07, 6.45) is -14.2. The lowest BCUT2D eigenvalue weighted by Gasteiger charge is -2.44. The van der Waals surface area contributed by atoms with Crippen LogP contribution in [0.5, 0.6) is 0 Å². The Hall–Kier alpha value is -1.51. The van der Waals surface area contributed by atoms with Gasteiger partial charge in [-0.1, -0.05) is 0 Å². The molecule has 1 N–H and O–H groups in total. The fraction of sp³-hybridized carbons (Fsp3) is 0.923. The van der Waals surface area contributed by atoms with Crippen LogP contribution in [-0.2, 0) is 0 Å². The lowest BCUT2D eigenvalue weighted by atomic mass is 9.85. The predicted molar refractivity (Wildman–Crippen MR) is 66.6 cm³/mol. The van der Waals surface area contributed by atoms with Crippen LogP contribution in [0.3, 0.4) is 0 Å². The molecule has 0 spiro atoms. The van der Waals surface area contributed by atoms with E-state index in [-0.39, 0.29) is 0 Å². The maximum absolute atomic E-state index is 13.4. The summed E-state index contributed by atoms with van der Waals surface area (Å²) in [7, 11) is 0. The largest absolute Gasteiger partial charge is 0.460 e. The highest BCUT2D eigenvalue weighted by atomic mass is 19.4. The summed E-state index contributed by atoms with van der Waals surface area (Å²) in [5, 5.41) is 8.38. The van der Waals surface area contributed by atoms with Crippen molar-refractivity contribution in [2.24, 2.45) is 0 Å². The molecule has 0 aliphatic carbocycles. The molecular formula is C13H6F21O. The number of hydrogen-bond acceptors (Lipinski definition) is 1. The number of hydrogen-bond donors (Lipinski definition) is 1. The van der Waals surface area contributed by atoms with Gasteiger partial charge in [0.2, 0.25) is 0 Å². The van der Waals surface area contributed by atoms with E-state index in [9.17, 15) is 92.2 Å². The van der Waals surface area contributed by atoms with Gasteiger partial charge in [-0.2, -0.15) is 92.2 Å². The predicted octanol–water partition coefficient (Wildman–Crippen LogP) is 6.85. The van der Waals surface area contributed by atoms with Crippen molar-refractivity contribution in [2.45, 2.75) is 72.0 Å². The highest BCUT2D eigenvalue weighted by molar-refractivity contribution is 5.18. The molecule has 35 heavy (non-hydrogen) atoms. The third-order valence-corrected chi connectivity index (χ3v) is 4.07. The normalized spacial score (nSPS) is 17.6. The first-order chi connectivity index (χ1) is 14.7. The highest BCUT2D eigenvalue weighted by Crippen LogP contribution is 2.66. The van der Waals surface area contributed by atoms with E-state index in [2.05, 4.69) is 6.92 Å². The monoisotopic (exact) mass is 577 g/mol. The molecule has 1 nitrogen and oxygen atoms in total. The molecule has 0 aliphatic heterocycles. The minimum absolute atomic E-state index is 2.07. The third kappa shape index (κ3) is 4.23. The van der Waals surface area contributed by atoms with E-state index in [0.29, 0.717) is 0 Å². The van der Waals surface area contributed by atoms with Gasteiger partial charge in [-0.05, 0) is 6.92 Å². The van der Waals surface area contributed by atoms with Gasteiger partial charge in [0, 0.05) is 6.42 Å². The van der Waals surface area contributed by atoms with Crippen molar-refractivity contribution in [1.82, 2.24) is 0 Å². The Bertz CT molecular complexity index is 760. The number of alkyl halides is 21. The summed E-state index contributed by atoms with van der Waals surface area (Å²) in [5.41, 5.74) is 0. The van der Waals surface area contributed by atoms with Gasteiger partial charge >= 0.3 is 59.5 Å². The van der Waals surface area contributed by atoms with Crippen LogP contribution in [0.15, 0.2) is 0 Å². The van der Waals surface area contributed by atoms with Crippen molar-refractivity contribution in [3.8, 4) is 0 Å². The molecule has 0 fully saturated rings. The number of aliphatic hydroxyl groups excluding tert-OH is 1. The van der Waals surface area contributed by atoms with E-state index in [0.717, 1.165) is 0 Å². The summed E-state index contributed by atoms with van der Waals surface area (Å²) >= 11 is 0. The van der Waals surface area contributed by atoms with Crippen molar-refractivity contribution < 1.29 is 97.3 Å². The smallest absolute Gasteiger partial charge is 0.393 e. The van der Waals surface area contributed by atoms with Gasteiger partial charge in [0.15, 0.2) is 0 Å². The zero-order chi connectivity index (χ0) is 29.3. The summed E-state index contributed by atoms with van der Waals surface area (Å²) in [6.45, 7) is 2.07. The number of rotatable bonds is 10. The Balaban J connectivity index is 7.03. The molecule has 0 bridgehead atoms. The fourth-order valence-corrected chi connectivity index (χ4v) is 2.01. The second-order valence-electron chi connectivity index (χ2n) is 6.66. The van der Waals surface area contributed by atoms with Gasteiger partial charge in [0.05, 0.1) is 6.10 Å². The van der Waals surface area contributed by atoms with Gasteiger partial charge in [-0.25, -0.2) is 0 Å². The van der Waals surface area contributed by atoms with Crippen LogP contribution in [0.25, 0.3) is 0 Å². The SMILES string of the molecule is [CH2]C(O)CC(F)(F)C(F)(F)C(F)(F)C(F)(F)C(F)(F)C(F)(F)C(F)(F)C(F)(F)C(F)(F)C(F)(F)F. The molecule has 211 valence electrons. The Morgan fingerprint density at radius 2 is 0.600 bits per heavy atom. The Morgan fingerprint density at radius 1 is 0.400 bits per heavy atom. The van der Waals surface area contributed by atoms with Crippen LogP contribution in [0.1, 0.15) is 6.42 Å². The fourth-order valence-electron chi connectivity index (χ4n) is 2.01. The first-order valence-electron chi connectivity index (χ1n) is 7.65. The molecule has 0 amide bonds. The molecule has 1 atom stereocenters. The molecule has 22 heteroatoms. The average Bonchev–Trinajstić information content (AvgIpc) is 2.58.